The molecule has 3 aromatic rings. The Labute approximate surface area is 147 Å². The van der Waals surface area contributed by atoms with E-state index < -0.39 is 11.8 Å². The number of halogens is 1. The lowest BCUT2D eigenvalue weighted by atomic mass is 10.1. The lowest BCUT2D eigenvalue weighted by molar-refractivity contribution is 0.0595. The summed E-state index contributed by atoms with van der Waals surface area (Å²) in [5.74, 6) is -1.41. The molecule has 0 unspecified atom stereocenters. The average Bonchev–Trinajstić information content (AvgIpc) is 3.12. The van der Waals surface area contributed by atoms with Crippen LogP contribution in [-0.4, -0.2) is 24.3 Å². The van der Waals surface area contributed by atoms with E-state index in [4.69, 9.17) is 0 Å². The molecule has 126 valence electrons. The molecule has 3 rings (SSSR count). The van der Waals surface area contributed by atoms with Crippen LogP contribution in [0, 0.1) is 5.82 Å². The molecule has 0 bridgehead atoms. The fourth-order valence-electron chi connectivity index (χ4n) is 2.14. The monoisotopic (exact) mass is 355 g/mol. The maximum Gasteiger partial charge on any atom is 0.340 e. The summed E-state index contributed by atoms with van der Waals surface area (Å²) in [5, 5.41) is 6.48. The number of rotatable bonds is 5. The van der Waals surface area contributed by atoms with E-state index in [0.717, 1.165) is 11.3 Å². The molecule has 0 aliphatic heterocycles. The van der Waals surface area contributed by atoms with Gasteiger partial charge in [0, 0.05) is 16.5 Å². The van der Waals surface area contributed by atoms with Gasteiger partial charge in [0.05, 0.1) is 24.6 Å². The van der Waals surface area contributed by atoms with Gasteiger partial charge in [0.2, 0.25) is 5.13 Å². The maximum atomic E-state index is 14.2. The molecule has 25 heavy (non-hydrogen) atoms. The highest BCUT2D eigenvalue weighted by molar-refractivity contribution is 7.14. The van der Waals surface area contributed by atoms with Crippen molar-refractivity contribution in [3.05, 3.63) is 70.9 Å². The van der Waals surface area contributed by atoms with Gasteiger partial charge in [0.15, 0.2) is 0 Å². The van der Waals surface area contributed by atoms with E-state index in [1.807, 2.05) is 35.7 Å². The van der Waals surface area contributed by atoms with Crippen molar-refractivity contribution in [1.29, 1.82) is 0 Å². The highest BCUT2D eigenvalue weighted by Gasteiger charge is 2.14. The number of hydrazone groups is 1. The van der Waals surface area contributed by atoms with Crippen LogP contribution in [0.2, 0.25) is 0 Å². The molecule has 2 aromatic carbocycles. The summed E-state index contributed by atoms with van der Waals surface area (Å²) in [4.78, 5) is 15.9. The first kappa shape index (κ1) is 16.8. The molecule has 0 radical (unpaired) electrons. The number of carbonyl (C=O) groups is 1. The molecule has 0 aliphatic rings. The number of benzene rings is 2. The lowest BCUT2D eigenvalue weighted by Gasteiger charge is -2.03. The molecule has 1 aromatic heterocycles. The van der Waals surface area contributed by atoms with E-state index in [2.05, 4.69) is 20.2 Å². The Kier molecular flexibility index (Phi) is 5.15. The van der Waals surface area contributed by atoms with Crippen LogP contribution >= 0.6 is 11.3 Å². The van der Waals surface area contributed by atoms with E-state index in [1.54, 1.807) is 6.07 Å². The first-order valence-electron chi connectivity index (χ1n) is 7.36. The first-order valence-corrected chi connectivity index (χ1v) is 8.24. The van der Waals surface area contributed by atoms with Gasteiger partial charge in [-0.3, -0.25) is 5.43 Å². The van der Waals surface area contributed by atoms with Gasteiger partial charge in [0.25, 0.3) is 0 Å². The first-order chi connectivity index (χ1) is 12.2. The van der Waals surface area contributed by atoms with Gasteiger partial charge in [-0.2, -0.15) is 5.10 Å². The number of ether oxygens (including phenoxy) is 1. The predicted molar refractivity (Wildman–Crippen MR) is 96.5 cm³/mol. The van der Waals surface area contributed by atoms with Gasteiger partial charge in [-0.25, -0.2) is 14.2 Å². The number of hydrogen-bond donors (Lipinski definition) is 1. The number of nitrogens with zero attached hydrogens (tertiary/aromatic N) is 2. The normalized spacial score (nSPS) is 10.8. The van der Waals surface area contributed by atoms with Crippen LogP contribution in [0.15, 0.2) is 59.0 Å². The Bertz CT molecular complexity index is 910. The summed E-state index contributed by atoms with van der Waals surface area (Å²) in [7, 11) is 1.21. The van der Waals surface area contributed by atoms with Gasteiger partial charge >= 0.3 is 5.97 Å². The third kappa shape index (κ3) is 3.89. The fraction of sp³-hybridized carbons (Fsp3) is 0.0556. The minimum Gasteiger partial charge on any atom is -0.465 e. The Morgan fingerprint density at radius 2 is 2.04 bits per heavy atom. The summed E-state index contributed by atoms with van der Waals surface area (Å²) in [6.07, 6.45) is 1.30. The zero-order valence-corrected chi connectivity index (χ0v) is 14.1. The zero-order valence-electron chi connectivity index (χ0n) is 13.3. The third-order valence-corrected chi connectivity index (χ3v) is 4.12. The van der Waals surface area contributed by atoms with Crippen LogP contribution in [0.25, 0.3) is 11.3 Å². The van der Waals surface area contributed by atoms with Crippen molar-refractivity contribution in [3.8, 4) is 11.3 Å². The predicted octanol–water partition coefficient (Wildman–Crippen LogP) is 4.18. The zero-order chi connectivity index (χ0) is 17.6. The highest BCUT2D eigenvalue weighted by atomic mass is 32.1. The summed E-state index contributed by atoms with van der Waals surface area (Å²) >= 11 is 1.39. The summed E-state index contributed by atoms with van der Waals surface area (Å²) in [6.45, 7) is 0. The molecular weight excluding hydrogens is 341 g/mol. The van der Waals surface area contributed by atoms with Crippen LogP contribution in [0.5, 0.6) is 0 Å². The van der Waals surface area contributed by atoms with Gasteiger partial charge in [-0.05, 0) is 6.07 Å². The van der Waals surface area contributed by atoms with E-state index in [9.17, 15) is 9.18 Å². The lowest BCUT2D eigenvalue weighted by Crippen LogP contribution is -2.06. The molecule has 0 amide bonds. The van der Waals surface area contributed by atoms with Crippen LogP contribution < -0.4 is 5.43 Å². The molecule has 7 heteroatoms. The molecular formula is C18H14FN3O2S. The number of hydrogen-bond acceptors (Lipinski definition) is 6. The number of nitrogens with one attached hydrogen (secondary N) is 1. The second-order valence-corrected chi connectivity index (χ2v) is 5.83. The topological polar surface area (TPSA) is 63.6 Å². The number of carbonyl (C=O) groups excluding carboxylic acids is 1. The highest BCUT2D eigenvalue weighted by Crippen LogP contribution is 2.24. The SMILES string of the molecule is COC(=O)c1cccc(C=NNc2nc(-c3ccccc3)cs2)c1F. The second kappa shape index (κ2) is 7.67. The Hall–Kier alpha value is -3.06. The fourth-order valence-corrected chi connectivity index (χ4v) is 2.81. The molecule has 0 aliphatic carbocycles. The van der Waals surface area contributed by atoms with Crippen LogP contribution in [0.1, 0.15) is 15.9 Å². The average molecular weight is 355 g/mol. The quantitative estimate of drug-likeness (QED) is 0.424. The van der Waals surface area contributed by atoms with Crippen molar-refractivity contribution in [1.82, 2.24) is 4.98 Å². The van der Waals surface area contributed by atoms with E-state index >= 15 is 0 Å². The van der Waals surface area contributed by atoms with Gasteiger partial charge in [-0.15, -0.1) is 11.3 Å². The smallest absolute Gasteiger partial charge is 0.340 e. The summed E-state index contributed by atoms with van der Waals surface area (Å²) in [6, 6.07) is 14.2. The number of methoxy groups -OCH3 is 1. The second-order valence-electron chi connectivity index (χ2n) is 4.97. The van der Waals surface area contributed by atoms with Crippen LogP contribution in [0.4, 0.5) is 9.52 Å². The Morgan fingerprint density at radius 1 is 1.24 bits per heavy atom. The van der Waals surface area contributed by atoms with Crippen LogP contribution in [-0.2, 0) is 4.74 Å². The van der Waals surface area contributed by atoms with Crippen molar-refractivity contribution in [2.24, 2.45) is 5.10 Å². The molecule has 0 saturated heterocycles. The van der Waals surface area contributed by atoms with Gasteiger partial charge < -0.3 is 4.74 Å². The van der Waals surface area contributed by atoms with Crippen LogP contribution in [0.3, 0.4) is 0 Å². The van der Waals surface area contributed by atoms with Crippen molar-refractivity contribution in [2.75, 3.05) is 12.5 Å². The number of esters is 1. The van der Waals surface area contributed by atoms with Gasteiger partial charge in [-0.1, -0.05) is 42.5 Å². The minimum absolute atomic E-state index is 0.132. The van der Waals surface area contributed by atoms with E-state index in [-0.39, 0.29) is 11.1 Å². The molecule has 1 heterocycles. The van der Waals surface area contributed by atoms with Crippen molar-refractivity contribution < 1.29 is 13.9 Å². The molecule has 0 fully saturated rings. The Balaban J connectivity index is 1.72. The molecule has 0 atom stereocenters. The van der Waals surface area contributed by atoms with E-state index in [0.29, 0.717) is 5.13 Å². The standard InChI is InChI=1S/C18H14FN3O2S/c1-24-17(23)14-9-5-8-13(16(14)19)10-20-22-18-21-15(11-25-18)12-6-3-2-4-7-12/h2-11H,1H3,(H,21,22). The Morgan fingerprint density at radius 3 is 2.80 bits per heavy atom. The maximum absolute atomic E-state index is 14.2. The number of aromatic nitrogens is 1. The molecule has 0 spiro atoms. The van der Waals surface area contributed by atoms with Crippen molar-refractivity contribution in [3.63, 3.8) is 0 Å². The number of anilines is 1. The third-order valence-electron chi connectivity index (χ3n) is 3.37. The molecule has 5 nitrogen and oxygen atoms in total. The van der Waals surface area contributed by atoms with Crippen molar-refractivity contribution >= 4 is 28.7 Å². The summed E-state index contributed by atoms with van der Waals surface area (Å²) < 4.78 is 18.8. The summed E-state index contributed by atoms with van der Waals surface area (Å²) in [5.41, 5.74) is 4.65. The van der Waals surface area contributed by atoms with E-state index in [1.165, 1.54) is 36.8 Å². The minimum atomic E-state index is -0.729. The number of thiazole rings is 1. The largest absolute Gasteiger partial charge is 0.465 e. The van der Waals surface area contributed by atoms with Gasteiger partial charge in [0.1, 0.15) is 5.82 Å². The van der Waals surface area contributed by atoms with Crippen molar-refractivity contribution in [2.45, 2.75) is 0 Å². The molecule has 1 N–H and O–H groups in total. The molecule has 0 saturated carbocycles.